The molecule has 0 spiro atoms. The van der Waals surface area contributed by atoms with Crippen LogP contribution >= 0.6 is 11.6 Å². The number of pyridine rings is 1. The van der Waals surface area contributed by atoms with Crippen molar-refractivity contribution in [3.8, 4) is 0 Å². The van der Waals surface area contributed by atoms with Gasteiger partial charge >= 0.3 is 6.18 Å². The third-order valence-electron chi connectivity index (χ3n) is 4.76. The fourth-order valence-corrected chi connectivity index (χ4v) is 3.21. The van der Waals surface area contributed by atoms with Crippen LogP contribution in [0.2, 0.25) is 5.02 Å². The predicted molar refractivity (Wildman–Crippen MR) is 115 cm³/mol. The summed E-state index contributed by atoms with van der Waals surface area (Å²) in [5.74, 6) is -1.16. The van der Waals surface area contributed by atoms with Crippen molar-refractivity contribution in [2.45, 2.75) is 19.6 Å². The molecule has 0 bridgehead atoms. The Bertz CT molecular complexity index is 1150. The van der Waals surface area contributed by atoms with Gasteiger partial charge in [0.1, 0.15) is 18.2 Å². The molecule has 2 heterocycles. The second-order valence-corrected chi connectivity index (χ2v) is 7.59. The number of alkyl halides is 3. The van der Waals surface area contributed by atoms with Crippen LogP contribution in [0.25, 0.3) is 0 Å². The van der Waals surface area contributed by atoms with Gasteiger partial charge in [-0.25, -0.2) is 14.4 Å². The van der Waals surface area contributed by atoms with Crippen molar-refractivity contribution in [3.63, 3.8) is 0 Å². The molecule has 0 radical (unpaired) electrons. The highest BCUT2D eigenvalue weighted by molar-refractivity contribution is 6.31. The second kappa shape index (κ2) is 9.75. The van der Waals surface area contributed by atoms with Gasteiger partial charge < -0.3 is 19.5 Å². The van der Waals surface area contributed by atoms with E-state index >= 15 is 0 Å². The second-order valence-electron chi connectivity index (χ2n) is 7.18. The average molecular weight is 486 g/mol. The van der Waals surface area contributed by atoms with E-state index in [0.29, 0.717) is 5.69 Å². The van der Waals surface area contributed by atoms with Gasteiger partial charge in [-0.15, -0.1) is 0 Å². The minimum absolute atomic E-state index is 0.103. The molecule has 0 aliphatic heterocycles. The molecule has 0 atom stereocenters. The van der Waals surface area contributed by atoms with Gasteiger partial charge in [-0.2, -0.15) is 13.2 Å². The molecule has 12 heteroatoms. The fraction of sp³-hybridized carbons (Fsp3) is 0.286. The highest BCUT2D eigenvalue weighted by Gasteiger charge is 2.32. The van der Waals surface area contributed by atoms with Crippen LogP contribution in [0.15, 0.2) is 42.9 Å². The van der Waals surface area contributed by atoms with Crippen molar-refractivity contribution in [2.24, 2.45) is 0 Å². The first kappa shape index (κ1) is 24.5. The number of hydrogen-bond donors (Lipinski definition) is 1. The van der Waals surface area contributed by atoms with Crippen LogP contribution in [0, 0.1) is 12.7 Å². The summed E-state index contributed by atoms with van der Waals surface area (Å²) in [4.78, 5) is 23.8. The average Bonchev–Trinajstić information content (AvgIpc) is 3.20. The number of aliphatic hydroxyl groups is 1. The summed E-state index contributed by atoms with van der Waals surface area (Å²) >= 11 is 5.80. The minimum atomic E-state index is -4.62. The third kappa shape index (κ3) is 5.79. The molecule has 1 amide bonds. The molecule has 3 rings (SSSR count). The summed E-state index contributed by atoms with van der Waals surface area (Å²) in [6.07, 6.45) is -1.75. The molecule has 7 nitrogen and oxygen atoms in total. The van der Waals surface area contributed by atoms with Crippen LogP contribution in [0.5, 0.6) is 0 Å². The van der Waals surface area contributed by atoms with Crippen LogP contribution in [0.1, 0.15) is 11.3 Å². The van der Waals surface area contributed by atoms with Gasteiger partial charge in [-0.3, -0.25) is 4.79 Å². The van der Waals surface area contributed by atoms with Crippen molar-refractivity contribution in [3.05, 3.63) is 65.0 Å². The number of nitrogens with zero attached hydrogens (tertiary/aromatic N) is 5. The summed E-state index contributed by atoms with van der Waals surface area (Å²) < 4.78 is 55.2. The summed E-state index contributed by atoms with van der Waals surface area (Å²) in [7, 11) is 1.43. The Kier molecular flexibility index (Phi) is 7.23. The maximum Gasteiger partial charge on any atom is 0.416 e. The largest absolute Gasteiger partial charge is 0.416 e. The van der Waals surface area contributed by atoms with Crippen molar-refractivity contribution in [2.75, 3.05) is 30.0 Å². The monoisotopic (exact) mass is 485 g/mol. The summed E-state index contributed by atoms with van der Waals surface area (Å²) in [5.41, 5.74) is -0.521. The number of hydrogen-bond acceptors (Lipinski definition) is 5. The van der Waals surface area contributed by atoms with Crippen LogP contribution in [0.3, 0.4) is 0 Å². The van der Waals surface area contributed by atoms with E-state index in [0.717, 1.165) is 18.2 Å². The minimum Gasteiger partial charge on any atom is -0.395 e. The normalized spacial score (nSPS) is 11.5. The topological polar surface area (TPSA) is 74.5 Å². The molecule has 176 valence electrons. The number of benzene rings is 1. The highest BCUT2D eigenvalue weighted by atomic mass is 35.5. The Balaban J connectivity index is 1.99. The molecule has 0 unspecified atom stereocenters. The SMILES string of the molecule is Cc1cc(C(F)(F)F)cc(N(CC(=O)N(C)c2ccc(F)c(Cl)c2)c2cn(CCO)cn2)n1. The molecule has 0 aliphatic carbocycles. The quantitative estimate of drug-likeness (QED) is 0.508. The van der Waals surface area contributed by atoms with Crippen LogP contribution in [0.4, 0.5) is 34.9 Å². The Morgan fingerprint density at radius 2 is 1.94 bits per heavy atom. The summed E-state index contributed by atoms with van der Waals surface area (Å²) in [6, 6.07) is 5.46. The summed E-state index contributed by atoms with van der Waals surface area (Å²) in [5, 5.41) is 8.96. The van der Waals surface area contributed by atoms with E-state index in [9.17, 15) is 22.4 Å². The number of aromatic nitrogens is 3. The number of aliphatic hydroxyl groups excluding tert-OH is 1. The van der Waals surface area contributed by atoms with Crippen molar-refractivity contribution < 1.29 is 27.5 Å². The van der Waals surface area contributed by atoms with Crippen LogP contribution in [-0.4, -0.2) is 45.7 Å². The Morgan fingerprint density at radius 3 is 2.58 bits per heavy atom. The molecular formula is C21H20ClF4N5O2. The number of rotatable bonds is 7. The highest BCUT2D eigenvalue weighted by Crippen LogP contribution is 2.33. The van der Waals surface area contributed by atoms with Crippen molar-refractivity contribution >= 4 is 34.8 Å². The zero-order valence-corrected chi connectivity index (χ0v) is 18.4. The van der Waals surface area contributed by atoms with E-state index in [1.54, 1.807) is 0 Å². The molecule has 1 N–H and O–H groups in total. The molecular weight excluding hydrogens is 466 g/mol. The van der Waals surface area contributed by atoms with Crippen LogP contribution in [-0.2, 0) is 17.5 Å². The molecule has 33 heavy (non-hydrogen) atoms. The lowest BCUT2D eigenvalue weighted by Crippen LogP contribution is -2.37. The zero-order valence-electron chi connectivity index (χ0n) is 17.6. The van der Waals surface area contributed by atoms with Gasteiger partial charge in [-0.1, -0.05) is 11.6 Å². The number of amides is 1. The first-order chi connectivity index (χ1) is 15.5. The van der Waals surface area contributed by atoms with Gasteiger partial charge in [0.05, 0.1) is 23.5 Å². The number of aryl methyl sites for hydroxylation is 1. The number of anilines is 3. The van der Waals surface area contributed by atoms with E-state index in [4.69, 9.17) is 16.7 Å². The Labute approximate surface area is 191 Å². The first-order valence-corrected chi connectivity index (χ1v) is 10.0. The number of carbonyl (C=O) groups is 1. The van der Waals surface area contributed by atoms with Crippen molar-refractivity contribution in [1.82, 2.24) is 14.5 Å². The standard InChI is InChI=1S/C21H20ClF4N5O2/c1-13-7-14(21(24,25)26)8-18(28-13)31(19-10-30(5-6-32)12-27-19)11-20(33)29(2)15-3-4-17(23)16(22)9-15/h3-4,7-10,12,32H,5-6,11H2,1-2H3. The molecule has 3 aromatic rings. The molecule has 0 saturated heterocycles. The van der Waals surface area contributed by atoms with Gasteiger partial charge in [0.15, 0.2) is 5.82 Å². The number of halogens is 5. The van der Waals surface area contributed by atoms with Crippen molar-refractivity contribution in [1.29, 1.82) is 0 Å². The maximum atomic E-state index is 13.5. The first-order valence-electron chi connectivity index (χ1n) is 9.67. The zero-order chi connectivity index (χ0) is 24.3. The molecule has 0 fully saturated rings. The Morgan fingerprint density at radius 1 is 1.21 bits per heavy atom. The van der Waals surface area contributed by atoms with Gasteiger partial charge in [-0.05, 0) is 37.3 Å². The molecule has 0 saturated carbocycles. The number of likely N-dealkylation sites (N-methyl/N-ethyl adjacent to an activating group) is 1. The lowest BCUT2D eigenvalue weighted by molar-refractivity contribution is -0.137. The Hall–Kier alpha value is -3.18. The van der Waals surface area contributed by atoms with E-state index in [1.165, 1.54) is 53.0 Å². The lowest BCUT2D eigenvalue weighted by Gasteiger charge is -2.25. The summed E-state index contributed by atoms with van der Waals surface area (Å²) in [6.45, 7) is 1.02. The van der Waals surface area contributed by atoms with E-state index in [2.05, 4.69) is 9.97 Å². The van der Waals surface area contributed by atoms with Gasteiger partial charge in [0.2, 0.25) is 5.91 Å². The van der Waals surface area contributed by atoms with E-state index in [1.807, 2.05) is 0 Å². The smallest absolute Gasteiger partial charge is 0.395 e. The maximum absolute atomic E-state index is 13.5. The molecule has 2 aromatic heterocycles. The van der Waals surface area contributed by atoms with E-state index in [-0.39, 0.29) is 35.5 Å². The third-order valence-corrected chi connectivity index (χ3v) is 5.05. The number of carbonyl (C=O) groups excluding carboxylic acids is 1. The fourth-order valence-electron chi connectivity index (χ4n) is 3.04. The van der Waals surface area contributed by atoms with Gasteiger partial charge in [0, 0.05) is 31.2 Å². The molecule has 0 aliphatic rings. The molecule has 1 aromatic carbocycles. The number of imidazole rings is 1. The van der Waals surface area contributed by atoms with Crippen LogP contribution < -0.4 is 9.80 Å². The van der Waals surface area contributed by atoms with E-state index < -0.39 is 30.0 Å². The predicted octanol–water partition coefficient (Wildman–Crippen LogP) is 4.19. The lowest BCUT2D eigenvalue weighted by atomic mass is 10.2. The van der Waals surface area contributed by atoms with Gasteiger partial charge in [0.25, 0.3) is 0 Å².